The van der Waals surface area contributed by atoms with Crippen molar-refractivity contribution in [2.45, 2.75) is 44.2 Å². The first kappa shape index (κ1) is 21.5. The van der Waals surface area contributed by atoms with Crippen LogP contribution in [0.2, 0.25) is 0 Å². The van der Waals surface area contributed by atoms with E-state index in [-0.39, 0.29) is 31.1 Å². The van der Waals surface area contributed by atoms with Crippen molar-refractivity contribution in [3.63, 3.8) is 0 Å². The van der Waals surface area contributed by atoms with E-state index in [0.717, 1.165) is 36.1 Å². The van der Waals surface area contributed by atoms with E-state index >= 15 is 0 Å². The first-order valence-electron chi connectivity index (χ1n) is 11.3. The van der Waals surface area contributed by atoms with Gasteiger partial charge in [0.15, 0.2) is 11.5 Å². The van der Waals surface area contributed by atoms with Gasteiger partial charge in [0.1, 0.15) is 6.04 Å². The van der Waals surface area contributed by atoms with Gasteiger partial charge in [0, 0.05) is 22.7 Å². The second-order valence-corrected chi connectivity index (χ2v) is 9.39. The number of fused-ring (bicyclic) bond motifs is 1. The van der Waals surface area contributed by atoms with Gasteiger partial charge in [-0.2, -0.15) is 0 Å². The Morgan fingerprint density at radius 2 is 1.79 bits per heavy atom. The van der Waals surface area contributed by atoms with Crippen molar-refractivity contribution in [1.82, 2.24) is 5.32 Å². The van der Waals surface area contributed by atoms with Crippen LogP contribution >= 0.6 is 11.3 Å². The lowest BCUT2D eigenvalue weighted by atomic mass is 10.0. The summed E-state index contributed by atoms with van der Waals surface area (Å²) in [6, 6.07) is 18.1. The smallest absolute Gasteiger partial charge is 0.248 e. The molecule has 0 saturated heterocycles. The molecule has 170 valence electrons. The molecule has 0 unspecified atom stereocenters. The van der Waals surface area contributed by atoms with Crippen LogP contribution in [0.5, 0.6) is 11.5 Å². The van der Waals surface area contributed by atoms with Crippen LogP contribution in [0.4, 0.5) is 5.69 Å². The molecule has 7 heteroatoms. The van der Waals surface area contributed by atoms with Crippen molar-refractivity contribution >= 4 is 28.8 Å². The monoisotopic (exact) mass is 462 g/mol. The highest BCUT2D eigenvalue weighted by atomic mass is 32.1. The van der Waals surface area contributed by atoms with Crippen molar-refractivity contribution in [2.75, 3.05) is 11.7 Å². The third-order valence-corrected chi connectivity index (χ3v) is 7.01. The van der Waals surface area contributed by atoms with Gasteiger partial charge in [0.2, 0.25) is 18.6 Å². The molecule has 0 spiro atoms. The minimum absolute atomic E-state index is 0.145. The van der Waals surface area contributed by atoms with Gasteiger partial charge >= 0.3 is 0 Å². The average Bonchev–Trinajstić information content (AvgIpc) is 3.60. The largest absolute Gasteiger partial charge is 0.454 e. The molecule has 1 fully saturated rings. The molecule has 2 heterocycles. The maximum absolute atomic E-state index is 13.7. The van der Waals surface area contributed by atoms with Crippen LogP contribution in [0.1, 0.15) is 42.2 Å². The Hall–Kier alpha value is -3.32. The molecule has 2 aliphatic rings. The number of carbonyl (C=O) groups is 2. The number of ether oxygens (including phenoxy) is 2. The Morgan fingerprint density at radius 1 is 1.00 bits per heavy atom. The molecule has 0 radical (unpaired) electrons. The number of thiophene rings is 1. The molecule has 1 N–H and O–H groups in total. The summed E-state index contributed by atoms with van der Waals surface area (Å²) in [5.41, 5.74) is 1.38. The van der Waals surface area contributed by atoms with Gasteiger partial charge in [0.25, 0.3) is 0 Å². The summed E-state index contributed by atoms with van der Waals surface area (Å²) in [6.07, 6.45) is 4.39. The number of benzene rings is 2. The number of rotatable bonds is 7. The van der Waals surface area contributed by atoms with E-state index in [1.807, 2.05) is 53.9 Å². The fraction of sp³-hybridized carbons (Fsp3) is 0.308. The van der Waals surface area contributed by atoms with Crippen LogP contribution in [-0.4, -0.2) is 24.6 Å². The summed E-state index contributed by atoms with van der Waals surface area (Å²) in [5, 5.41) is 5.16. The van der Waals surface area contributed by atoms with Crippen LogP contribution in [0.15, 0.2) is 66.0 Å². The van der Waals surface area contributed by atoms with Gasteiger partial charge in [-0.1, -0.05) is 49.2 Å². The highest BCUT2D eigenvalue weighted by Crippen LogP contribution is 2.38. The van der Waals surface area contributed by atoms with E-state index in [2.05, 4.69) is 5.32 Å². The highest BCUT2D eigenvalue weighted by molar-refractivity contribution is 7.10. The zero-order valence-electron chi connectivity index (χ0n) is 18.2. The van der Waals surface area contributed by atoms with Crippen molar-refractivity contribution in [3.05, 3.63) is 76.5 Å². The van der Waals surface area contributed by atoms with E-state index in [4.69, 9.17) is 9.47 Å². The molecule has 33 heavy (non-hydrogen) atoms. The summed E-state index contributed by atoms with van der Waals surface area (Å²) in [6.45, 7) is 0.145. The van der Waals surface area contributed by atoms with Gasteiger partial charge in [-0.25, -0.2) is 0 Å². The predicted molar refractivity (Wildman–Crippen MR) is 128 cm³/mol. The minimum atomic E-state index is -0.792. The summed E-state index contributed by atoms with van der Waals surface area (Å²) in [4.78, 5) is 30.0. The molecule has 1 aliphatic heterocycles. The molecule has 2 amide bonds. The number of nitrogens with zero attached hydrogens (tertiary/aromatic N) is 1. The zero-order valence-corrected chi connectivity index (χ0v) is 19.1. The van der Waals surface area contributed by atoms with Gasteiger partial charge in [-0.3, -0.25) is 14.5 Å². The summed E-state index contributed by atoms with van der Waals surface area (Å²) in [5.74, 6) is 0.901. The van der Waals surface area contributed by atoms with Crippen molar-refractivity contribution < 1.29 is 19.1 Å². The molecule has 1 aromatic heterocycles. The lowest BCUT2D eigenvalue weighted by Crippen LogP contribution is -2.46. The Morgan fingerprint density at radius 3 is 2.55 bits per heavy atom. The molecule has 3 aromatic rings. The minimum Gasteiger partial charge on any atom is -0.454 e. The fourth-order valence-corrected chi connectivity index (χ4v) is 5.22. The van der Waals surface area contributed by atoms with Crippen LogP contribution in [-0.2, 0) is 16.0 Å². The first-order valence-corrected chi connectivity index (χ1v) is 12.2. The Bertz CT molecular complexity index is 1110. The van der Waals surface area contributed by atoms with Crippen LogP contribution in [0, 0.1) is 0 Å². The molecule has 0 bridgehead atoms. The van der Waals surface area contributed by atoms with Gasteiger partial charge in [-0.05, 0) is 42.0 Å². The van der Waals surface area contributed by atoms with E-state index in [1.54, 1.807) is 17.0 Å². The number of amides is 2. The molecule has 2 aromatic carbocycles. The normalized spacial score (nSPS) is 15.9. The highest BCUT2D eigenvalue weighted by Gasteiger charge is 2.35. The molecule has 1 aliphatic carbocycles. The molecule has 5 rings (SSSR count). The van der Waals surface area contributed by atoms with E-state index in [0.29, 0.717) is 17.2 Å². The van der Waals surface area contributed by atoms with E-state index in [1.165, 1.54) is 11.3 Å². The van der Waals surface area contributed by atoms with Crippen LogP contribution < -0.4 is 19.7 Å². The summed E-state index contributed by atoms with van der Waals surface area (Å²) >= 11 is 1.53. The Balaban J connectivity index is 1.55. The number of hydrogen-bond acceptors (Lipinski definition) is 5. The van der Waals surface area contributed by atoms with Crippen LogP contribution in [0.25, 0.3) is 0 Å². The third kappa shape index (κ3) is 4.73. The Labute approximate surface area is 197 Å². The van der Waals surface area contributed by atoms with E-state index in [9.17, 15) is 9.59 Å². The Kier molecular flexibility index (Phi) is 6.30. The van der Waals surface area contributed by atoms with E-state index < -0.39 is 6.04 Å². The number of anilines is 1. The SMILES string of the molecule is O=C(NC1CCCC1)[C@@H](c1ccccc1)N(C(=O)Cc1cccs1)c1ccc2c(c1)OCO2. The number of nitrogens with one attached hydrogen (secondary N) is 1. The maximum atomic E-state index is 13.7. The van der Waals surface area contributed by atoms with Crippen molar-refractivity contribution in [1.29, 1.82) is 0 Å². The fourth-order valence-electron chi connectivity index (χ4n) is 4.52. The van der Waals surface area contributed by atoms with Crippen molar-refractivity contribution in [3.8, 4) is 11.5 Å². The average molecular weight is 463 g/mol. The molecular formula is C26H26N2O4S. The predicted octanol–water partition coefficient (Wildman–Crippen LogP) is 4.85. The number of carbonyl (C=O) groups excluding carboxylic acids is 2. The summed E-state index contributed by atoms with van der Waals surface area (Å²) < 4.78 is 11.0. The standard InChI is InChI=1S/C26H26N2O4S/c29-24(16-21-11-6-14-33-21)28(20-12-13-22-23(15-20)32-17-31-22)25(18-7-2-1-3-8-18)26(30)27-19-9-4-5-10-19/h1-3,6-8,11-15,19,25H,4-5,9-10,16-17H2,(H,27,30)/t25-/m1/s1. The molecule has 1 atom stereocenters. The number of hydrogen-bond donors (Lipinski definition) is 1. The van der Waals surface area contributed by atoms with Gasteiger partial charge in [-0.15, -0.1) is 11.3 Å². The molecule has 6 nitrogen and oxygen atoms in total. The first-order chi connectivity index (χ1) is 16.2. The van der Waals surface area contributed by atoms with Gasteiger partial charge in [0.05, 0.1) is 6.42 Å². The maximum Gasteiger partial charge on any atom is 0.248 e. The second-order valence-electron chi connectivity index (χ2n) is 8.36. The lowest BCUT2D eigenvalue weighted by Gasteiger charge is -2.32. The van der Waals surface area contributed by atoms with Crippen molar-refractivity contribution in [2.24, 2.45) is 0 Å². The lowest BCUT2D eigenvalue weighted by molar-refractivity contribution is -0.127. The van der Waals surface area contributed by atoms with Gasteiger partial charge < -0.3 is 14.8 Å². The summed E-state index contributed by atoms with van der Waals surface area (Å²) in [7, 11) is 0. The third-order valence-electron chi connectivity index (χ3n) is 6.13. The quantitative estimate of drug-likeness (QED) is 0.545. The molecular weight excluding hydrogens is 436 g/mol. The molecule has 1 saturated carbocycles. The topological polar surface area (TPSA) is 67.9 Å². The zero-order chi connectivity index (χ0) is 22.6. The van der Waals surface area contributed by atoms with Crippen LogP contribution in [0.3, 0.4) is 0 Å². The second kappa shape index (κ2) is 9.67.